The summed E-state index contributed by atoms with van der Waals surface area (Å²) >= 11 is 0. The molecule has 5 nitrogen and oxygen atoms in total. The molecule has 0 amide bonds. The Hall–Kier alpha value is -2.44. The van der Waals surface area contributed by atoms with E-state index in [2.05, 4.69) is 19.7 Å². The molecule has 2 aromatic rings. The number of hydrogen-bond donors (Lipinski definition) is 0. The lowest BCUT2D eigenvalue weighted by Gasteiger charge is -2.06. The predicted molar refractivity (Wildman–Crippen MR) is 61.9 cm³/mol. The fourth-order valence-corrected chi connectivity index (χ4v) is 1.49. The highest BCUT2D eigenvalue weighted by atomic mass is 19.3. The van der Waals surface area contributed by atoms with Crippen molar-refractivity contribution in [2.24, 2.45) is 0 Å². The van der Waals surface area contributed by atoms with Gasteiger partial charge in [-0.25, -0.2) is 9.97 Å². The van der Waals surface area contributed by atoms with Crippen LogP contribution in [0.1, 0.15) is 17.4 Å². The molecular formula is C12H9F2N3O2. The highest BCUT2D eigenvalue weighted by molar-refractivity contribution is 5.97. The first-order chi connectivity index (χ1) is 9.08. The van der Waals surface area contributed by atoms with E-state index in [1.54, 1.807) is 12.1 Å². The Labute approximate surface area is 107 Å². The zero-order valence-electron chi connectivity index (χ0n) is 9.88. The van der Waals surface area contributed by atoms with Crippen LogP contribution in [0.25, 0.3) is 11.4 Å². The summed E-state index contributed by atoms with van der Waals surface area (Å²) in [5.41, 5.74) is 0.670. The Morgan fingerprint density at radius 1 is 1.26 bits per heavy atom. The fraction of sp³-hybridized carbons (Fsp3) is 0.167. The van der Waals surface area contributed by atoms with E-state index in [1.807, 2.05) is 0 Å². The number of pyridine rings is 1. The Balaban J connectivity index is 2.35. The third-order valence-electron chi connectivity index (χ3n) is 2.24. The van der Waals surface area contributed by atoms with Gasteiger partial charge in [0.05, 0.1) is 12.4 Å². The number of aromatic nitrogens is 3. The van der Waals surface area contributed by atoms with Gasteiger partial charge in [-0.15, -0.1) is 0 Å². The maximum atomic E-state index is 12.0. The molecule has 0 radical (unpaired) electrons. The molecule has 2 heterocycles. The van der Waals surface area contributed by atoms with E-state index in [9.17, 15) is 13.6 Å². The van der Waals surface area contributed by atoms with Crippen molar-refractivity contribution in [3.63, 3.8) is 0 Å². The van der Waals surface area contributed by atoms with E-state index >= 15 is 0 Å². The highest BCUT2D eigenvalue weighted by Gasteiger charge is 2.13. The molecule has 2 rings (SSSR count). The molecular weight excluding hydrogens is 256 g/mol. The summed E-state index contributed by atoms with van der Waals surface area (Å²) in [5.74, 6) is -0.154. The molecule has 0 saturated heterocycles. The van der Waals surface area contributed by atoms with Crippen molar-refractivity contribution in [1.29, 1.82) is 0 Å². The second-order valence-electron chi connectivity index (χ2n) is 3.58. The van der Waals surface area contributed by atoms with E-state index in [-0.39, 0.29) is 23.1 Å². The summed E-state index contributed by atoms with van der Waals surface area (Å²) in [6.45, 7) is -1.55. The summed E-state index contributed by atoms with van der Waals surface area (Å²) in [5, 5.41) is 0. The lowest BCUT2D eigenvalue weighted by molar-refractivity contribution is -0.0503. The smallest absolute Gasteiger partial charge is 0.387 e. The number of rotatable bonds is 4. The monoisotopic (exact) mass is 265 g/mol. The molecule has 0 saturated carbocycles. The molecule has 0 unspecified atom stereocenters. The quantitative estimate of drug-likeness (QED) is 0.794. The van der Waals surface area contributed by atoms with Crippen LogP contribution in [-0.4, -0.2) is 27.3 Å². The number of nitrogens with zero attached hydrogens (tertiary/aromatic N) is 3. The number of ether oxygens (including phenoxy) is 1. The molecule has 0 aliphatic heterocycles. The number of halogens is 2. The van der Waals surface area contributed by atoms with Crippen LogP contribution in [0.15, 0.2) is 30.7 Å². The summed E-state index contributed by atoms with van der Waals surface area (Å²) in [6, 6.07) is 3.27. The molecule has 0 aliphatic rings. The van der Waals surface area contributed by atoms with Gasteiger partial charge in [0.1, 0.15) is 5.69 Å². The SMILES string of the molecule is CC(=O)c1ncccc1-c1ncc(OC(F)F)cn1. The summed E-state index contributed by atoms with van der Waals surface area (Å²) in [4.78, 5) is 23.1. The van der Waals surface area contributed by atoms with E-state index in [4.69, 9.17) is 0 Å². The standard InChI is InChI=1S/C12H9F2N3O2/c1-7(18)10-9(3-2-4-15-10)11-16-5-8(6-17-11)19-12(13)14/h2-6,12H,1H3. The lowest BCUT2D eigenvalue weighted by atomic mass is 10.1. The van der Waals surface area contributed by atoms with Crippen LogP contribution in [0, 0.1) is 0 Å². The predicted octanol–water partition coefficient (Wildman–Crippen LogP) is 2.34. The molecule has 0 atom stereocenters. The van der Waals surface area contributed by atoms with Crippen molar-refractivity contribution < 1.29 is 18.3 Å². The fourth-order valence-electron chi connectivity index (χ4n) is 1.49. The van der Waals surface area contributed by atoms with Crippen LogP contribution < -0.4 is 4.74 Å². The Morgan fingerprint density at radius 2 is 1.95 bits per heavy atom. The van der Waals surface area contributed by atoms with E-state index in [1.165, 1.54) is 13.1 Å². The first-order valence-electron chi connectivity index (χ1n) is 5.31. The van der Waals surface area contributed by atoms with Crippen molar-refractivity contribution in [2.45, 2.75) is 13.5 Å². The third kappa shape index (κ3) is 3.06. The maximum absolute atomic E-state index is 12.0. The van der Waals surface area contributed by atoms with Gasteiger partial charge in [-0.05, 0) is 12.1 Å². The largest absolute Gasteiger partial charge is 0.432 e. The van der Waals surface area contributed by atoms with Crippen LogP contribution in [0.4, 0.5) is 8.78 Å². The number of alkyl halides is 2. The van der Waals surface area contributed by atoms with Crippen molar-refractivity contribution in [3.05, 3.63) is 36.4 Å². The molecule has 98 valence electrons. The van der Waals surface area contributed by atoms with Crippen LogP contribution in [0.5, 0.6) is 5.75 Å². The first kappa shape index (κ1) is 13.0. The van der Waals surface area contributed by atoms with Gasteiger partial charge in [0.15, 0.2) is 17.4 Å². The molecule has 0 bridgehead atoms. The van der Waals surface area contributed by atoms with Crippen LogP contribution in [-0.2, 0) is 0 Å². The van der Waals surface area contributed by atoms with Gasteiger partial charge in [0, 0.05) is 18.7 Å². The van der Waals surface area contributed by atoms with Gasteiger partial charge in [-0.3, -0.25) is 9.78 Å². The number of ketones is 1. The molecule has 0 spiro atoms. The lowest BCUT2D eigenvalue weighted by Crippen LogP contribution is -2.04. The third-order valence-corrected chi connectivity index (χ3v) is 2.24. The van der Waals surface area contributed by atoms with Gasteiger partial charge in [0.2, 0.25) is 0 Å². The normalized spacial score (nSPS) is 10.5. The Kier molecular flexibility index (Phi) is 3.74. The average Bonchev–Trinajstić information content (AvgIpc) is 2.39. The molecule has 0 aliphatic carbocycles. The second kappa shape index (κ2) is 5.47. The summed E-state index contributed by atoms with van der Waals surface area (Å²) in [7, 11) is 0. The minimum Gasteiger partial charge on any atom is -0.432 e. The summed E-state index contributed by atoms with van der Waals surface area (Å²) in [6.07, 6.45) is 3.71. The van der Waals surface area contributed by atoms with E-state index in [0.717, 1.165) is 12.4 Å². The molecule has 0 aromatic carbocycles. The van der Waals surface area contributed by atoms with Gasteiger partial charge in [-0.1, -0.05) is 0 Å². The van der Waals surface area contributed by atoms with Gasteiger partial charge >= 0.3 is 6.61 Å². The number of Topliss-reactive ketones (excluding diaryl/α,β-unsaturated/α-hetero) is 1. The van der Waals surface area contributed by atoms with Gasteiger partial charge < -0.3 is 4.74 Å². The van der Waals surface area contributed by atoms with Crippen LogP contribution >= 0.6 is 0 Å². The first-order valence-corrected chi connectivity index (χ1v) is 5.31. The highest BCUT2D eigenvalue weighted by Crippen LogP contribution is 2.20. The zero-order valence-corrected chi connectivity index (χ0v) is 9.88. The average molecular weight is 265 g/mol. The van der Waals surface area contributed by atoms with Crippen LogP contribution in [0.3, 0.4) is 0 Å². The number of carbonyl (C=O) groups excluding carboxylic acids is 1. The van der Waals surface area contributed by atoms with E-state index in [0.29, 0.717) is 5.56 Å². The molecule has 19 heavy (non-hydrogen) atoms. The van der Waals surface area contributed by atoms with Crippen molar-refractivity contribution in [1.82, 2.24) is 15.0 Å². The Morgan fingerprint density at radius 3 is 2.53 bits per heavy atom. The van der Waals surface area contributed by atoms with Crippen molar-refractivity contribution in [2.75, 3.05) is 0 Å². The van der Waals surface area contributed by atoms with Crippen molar-refractivity contribution >= 4 is 5.78 Å². The number of carbonyl (C=O) groups is 1. The maximum Gasteiger partial charge on any atom is 0.387 e. The molecule has 2 aromatic heterocycles. The second-order valence-corrected chi connectivity index (χ2v) is 3.58. The van der Waals surface area contributed by atoms with Crippen LogP contribution in [0.2, 0.25) is 0 Å². The van der Waals surface area contributed by atoms with Gasteiger partial charge in [-0.2, -0.15) is 8.78 Å². The molecule has 0 fully saturated rings. The summed E-state index contributed by atoms with van der Waals surface area (Å²) < 4.78 is 28.1. The Bertz CT molecular complexity index is 588. The molecule has 0 N–H and O–H groups in total. The topological polar surface area (TPSA) is 65.0 Å². The number of hydrogen-bond acceptors (Lipinski definition) is 5. The van der Waals surface area contributed by atoms with Gasteiger partial charge in [0.25, 0.3) is 0 Å². The minimum atomic E-state index is -2.93. The molecule has 7 heteroatoms. The van der Waals surface area contributed by atoms with Crippen molar-refractivity contribution in [3.8, 4) is 17.1 Å². The zero-order chi connectivity index (χ0) is 13.8. The minimum absolute atomic E-state index is 0.146. The van der Waals surface area contributed by atoms with E-state index < -0.39 is 6.61 Å².